The number of carbonyl (C=O) groups is 2. The Bertz CT molecular complexity index is 811. The van der Waals surface area contributed by atoms with E-state index in [9.17, 15) is 9.59 Å². The van der Waals surface area contributed by atoms with Crippen LogP contribution in [0, 0.1) is 5.92 Å². The van der Waals surface area contributed by atoms with Gasteiger partial charge in [0.05, 0.1) is 15.7 Å². The van der Waals surface area contributed by atoms with Crippen molar-refractivity contribution < 1.29 is 9.59 Å². The Hall–Kier alpha value is -2.12. The quantitative estimate of drug-likeness (QED) is 0.284. The Balaban J connectivity index is 2.12. The largest absolute Gasteiger partial charge is 0.374 e. The van der Waals surface area contributed by atoms with Gasteiger partial charge in [0.15, 0.2) is 0 Å². The third-order valence-corrected chi connectivity index (χ3v) is 6.29. The number of benzene rings is 1. The smallest absolute Gasteiger partial charge is 0.257 e. The summed E-state index contributed by atoms with van der Waals surface area (Å²) in [6.07, 6.45) is 4.18. The van der Waals surface area contributed by atoms with Gasteiger partial charge >= 0.3 is 0 Å². The number of halogens is 1. The van der Waals surface area contributed by atoms with Crippen LogP contribution in [0.5, 0.6) is 0 Å². The fraction of sp³-hybridized carbons (Fsp3) is 0.455. The van der Waals surface area contributed by atoms with E-state index in [0.717, 1.165) is 37.7 Å². The molecule has 0 radical (unpaired) electrons. The predicted octanol–water partition coefficient (Wildman–Crippen LogP) is 3.30. The highest BCUT2D eigenvalue weighted by atomic mass is 79.9. The SMILES string of the molecule is C=C(C(=O)NC1(N)CCC(C)CC1)/C(Br)=C(\NC)NC(=O)c1ccccc1CC. The van der Waals surface area contributed by atoms with Gasteiger partial charge in [-0.3, -0.25) is 9.59 Å². The van der Waals surface area contributed by atoms with Crippen molar-refractivity contribution in [2.75, 3.05) is 7.05 Å². The average molecular weight is 463 g/mol. The maximum atomic E-state index is 12.7. The van der Waals surface area contributed by atoms with Crippen LogP contribution in [0.2, 0.25) is 0 Å². The van der Waals surface area contributed by atoms with Gasteiger partial charge in [-0.1, -0.05) is 38.6 Å². The highest BCUT2D eigenvalue weighted by molar-refractivity contribution is 9.12. The van der Waals surface area contributed by atoms with E-state index in [1.807, 2.05) is 25.1 Å². The molecule has 29 heavy (non-hydrogen) atoms. The zero-order chi connectivity index (χ0) is 21.6. The normalized spacial score (nSPS) is 22.3. The summed E-state index contributed by atoms with van der Waals surface area (Å²) in [7, 11) is 1.67. The Morgan fingerprint density at radius 2 is 1.90 bits per heavy atom. The topological polar surface area (TPSA) is 96.2 Å². The molecule has 0 bridgehead atoms. The molecule has 0 aromatic heterocycles. The molecule has 1 fully saturated rings. The lowest BCUT2D eigenvalue weighted by atomic mass is 9.83. The van der Waals surface area contributed by atoms with Crippen LogP contribution in [0.1, 0.15) is 55.5 Å². The van der Waals surface area contributed by atoms with E-state index in [0.29, 0.717) is 21.8 Å². The van der Waals surface area contributed by atoms with Crippen molar-refractivity contribution in [3.8, 4) is 0 Å². The van der Waals surface area contributed by atoms with E-state index >= 15 is 0 Å². The summed E-state index contributed by atoms with van der Waals surface area (Å²) in [5.74, 6) is 0.373. The highest BCUT2D eigenvalue weighted by Gasteiger charge is 2.32. The van der Waals surface area contributed by atoms with E-state index in [4.69, 9.17) is 5.73 Å². The van der Waals surface area contributed by atoms with Crippen molar-refractivity contribution in [3.05, 3.63) is 57.8 Å². The van der Waals surface area contributed by atoms with Crippen molar-refractivity contribution in [2.24, 2.45) is 11.7 Å². The lowest BCUT2D eigenvalue weighted by Crippen LogP contribution is -2.57. The second-order valence-corrected chi connectivity index (χ2v) is 8.47. The zero-order valence-corrected chi connectivity index (χ0v) is 19.0. The molecule has 0 atom stereocenters. The lowest BCUT2D eigenvalue weighted by molar-refractivity contribution is -0.119. The number of hydrogen-bond donors (Lipinski definition) is 4. The van der Waals surface area contributed by atoms with Gasteiger partial charge in [0.1, 0.15) is 5.82 Å². The Kier molecular flexibility index (Phi) is 8.05. The standard InChI is InChI=1S/C22H31BrN4O2/c1-5-16-8-6-7-9-17(16)21(29)26-19(25-4)18(23)15(3)20(28)27-22(24)12-10-14(2)11-13-22/h6-9,14,25H,3,5,10-13,24H2,1-2,4H3,(H,26,29)(H,27,28)/b19-18-. The van der Waals surface area contributed by atoms with Crippen molar-refractivity contribution in [2.45, 2.75) is 51.6 Å². The predicted molar refractivity (Wildman–Crippen MR) is 120 cm³/mol. The molecule has 2 amide bonds. The summed E-state index contributed by atoms with van der Waals surface area (Å²) in [6, 6.07) is 7.43. The number of hydrogen-bond acceptors (Lipinski definition) is 4. The van der Waals surface area contributed by atoms with Gasteiger partial charge in [0, 0.05) is 12.6 Å². The van der Waals surface area contributed by atoms with Crippen LogP contribution in [0.4, 0.5) is 0 Å². The van der Waals surface area contributed by atoms with Crippen molar-refractivity contribution in [1.82, 2.24) is 16.0 Å². The van der Waals surface area contributed by atoms with Gasteiger partial charge in [0.2, 0.25) is 0 Å². The summed E-state index contributed by atoms with van der Waals surface area (Å²) < 4.78 is 0.382. The third kappa shape index (κ3) is 5.93. The Morgan fingerprint density at radius 1 is 1.28 bits per heavy atom. The van der Waals surface area contributed by atoms with Crippen LogP contribution in [-0.2, 0) is 11.2 Å². The first-order chi connectivity index (χ1) is 13.7. The molecule has 1 aromatic rings. The third-order valence-electron chi connectivity index (χ3n) is 5.42. The molecule has 1 aliphatic rings. The van der Waals surface area contributed by atoms with Crippen molar-refractivity contribution in [3.63, 3.8) is 0 Å². The number of nitrogens with one attached hydrogen (secondary N) is 3. The van der Waals surface area contributed by atoms with Gasteiger partial charge in [-0.2, -0.15) is 0 Å². The molecule has 1 saturated carbocycles. The minimum atomic E-state index is -0.719. The van der Waals surface area contributed by atoms with Crippen LogP contribution in [-0.4, -0.2) is 24.5 Å². The number of carbonyl (C=O) groups excluding carboxylic acids is 2. The fourth-order valence-corrected chi connectivity index (χ4v) is 3.89. The Labute approximate surface area is 181 Å². The monoisotopic (exact) mass is 462 g/mol. The van der Waals surface area contributed by atoms with E-state index in [1.165, 1.54) is 0 Å². The molecule has 0 spiro atoms. The first kappa shape index (κ1) is 23.2. The number of amides is 2. The lowest BCUT2D eigenvalue weighted by Gasteiger charge is -2.37. The first-order valence-electron chi connectivity index (χ1n) is 9.98. The molecular weight excluding hydrogens is 432 g/mol. The second kappa shape index (κ2) is 10.1. The first-order valence-corrected chi connectivity index (χ1v) is 10.8. The van der Waals surface area contributed by atoms with Crippen LogP contribution >= 0.6 is 15.9 Å². The van der Waals surface area contributed by atoms with Crippen molar-refractivity contribution >= 4 is 27.7 Å². The van der Waals surface area contributed by atoms with E-state index in [2.05, 4.69) is 45.4 Å². The summed E-state index contributed by atoms with van der Waals surface area (Å²) in [5, 5.41) is 8.66. The molecule has 0 heterocycles. The van der Waals surface area contributed by atoms with E-state index in [1.54, 1.807) is 13.1 Å². The maximum Gasteiger partial charge on any atom is 0.257 e. The Morgan fingerprint density at radius 3 is 2.48 bits per heavy atom. The molecule has 0 saturated heterocycles. The molecule has 5 N–H and O–H groups in total. The molecule has 0 aliphatic heterocycles. The highest BCUT2D eigenvalue weighted by Crippen LogP contribution is 2.29. The maximum absolute atomic E-state index is 12.7. The van der Waals surface area contributed by atoms with Crippen LogP contribution in [0.15, 0.2) is 46.7 Å². The van der Waals surface area contributed by atoms with Crippen LogP contribution in [0.3, 0.4) is 0 Å². The number of aryl methyl sites for hydroxylation is 1. The van der Waals surface area contributed by atoms with Gasteiger partial charge in [0.25, 0.3) is 11.8 Å². The van der Waals surface area contributed by atoms with E-state index in [-0.39, 0.29) is 17.4 Å². The van der Waals surface area contributed by atoms with Gasteiger partial charge in [-0.05, 0) is 65.6 Å². The van der Waals surface area contributed by atoms with Crippen LogP contribution < -0.4 is 21.7 Å². The average Bonchev–Trinajstić information content (AvgIpc) is 2.72. The summed E-state index contributed by atoms with van der Waals surface area (Å²) in [5.41, 5.74) is 7.39. The molecule has 158 valence electrons. The molecule has 0 unspecified atom stereocenters. The number of nitrogens with two attached hydrogens (primary N) is 1. The summed E-state index contributed by atoms with van der Waals surface area (Å²) >= 11 is 3.40. The summed E-state index contributed by atoms with van der Waals surface area (Å²) in [4.78, 5) is 25.5. The minimum absolute atomic E-state index is 0.196. The minimum Gasteiger partial charge on any atom is -0.374 e. The molecule has 6 nitrogen and oxygen atoms in total. The van der Waals surface area contributed by atoms with Gasteiger partial charge in [-0.25, -0.2) is 0 Å². The van der Waals surface area contributed by atoms with Gasteiger partial charge < -0.3 is 21.7 Å². The summed E-state index contributed by atoms with van der Waals surface area (Å²) in [6.45, 7) is 8.08. The molecule has 7 heteroatoms. The molecule has 1 aromatic carbocycles. The molecule has 1 aliphatic carbocycles. The van der Waals surface area contributed by atoms with E-state index < -0.39 is 5.66 Å². The zero-order valence-electron chi connectivity index (χ0n) is 17.4. The van der Waals surface area contributed by atoms with Gasteiger partial charge in [-0.15, -0.1) is 0 Å². The number of rotatable bonds is 7. The van der Waals surface area contributed by atoms with Crippen molar-refractivity contribution in [1.29, 1.82) is 0 Å². The fourth-order valence-electron chi connectivity index (χ4n) is 3.41. The molecule has 2 rings (SSSR count). The second-order valence-electron chi connectivity index (χ2n) is 7.68. The molecular formula is C22H31BrN4O2. The van der Waals surface area contributed by atoms with Crippen LogP contribution in [0.25, 0.3) is 0 Å².